The number of thiophene rings is 1. The van der Waals surface area contributed by atoms with Gasteiger partial charge >= 0.3 is 0 Å². The summed E-state index contributed by atoms with van der Waals surface area (Å²) in [4.78, 5) is 15.4. The van der Waals surface area contributed by atoms with Gasteiger partial charge in [-0.1, -0.05) is 11.8 Å². The molecule has 5 rings (SSSR count). The first-order chi connectivity index (χ1) is 16.1. The quantitative estimate of drug-likeness (QED) is 0.246. The Morgan fingerprint density at radius 2 is 1.88 bits per heavy atom. The first-order valence-corrected chi connectivity index (χ1v) is 12.1. The summed E-state index contributed by atoms with van der Waals surface area (Å²) >= 11 is 3.31. The second-order valence-electron chi connectivity index (χ2n) is 7.46. The van der Waals surface area contributed by atoms with Crippen molar-refractivity contribution in [3.05, 3.63) is 89.0 Å². The van der Waals surface area contributed by atoms with Crippen LogP contribution >= 0.6 is 23.1 Å². The highest BCUT2D eigenvalue weighted by atomic mass is 32.2. The maximum Gasteiger partial charge on any atom is 0.164 e. The fourth-order valence-corrected chi connectivity index (χ4v) is 4.88. The molecule has 0 aliphatic carbocycles. The number of aromatic nitrogens is 3. The summed E-state index contributed by atoms with van der Waals surface area (Å²) in [6.07, 6.45) is 1.53. The van der Waals surface area contributed by atoms with Crippen LogP contribution in [0.2, 0.25) is 0 Å². The van der Waals surface area contributed by atoms with Gasteiger partial charge in [-0.05, 0) is 83.9 Å². The van der Waals surface area contributed by atoms with E-state index >= 15 is 0 Å². The first kappa shape index (κ1) is 21.2. The number of aryl methyl sites for hydroxylation is 1. The largest absolute Gasteiger partial charge is 0.508 e. The van der Waals surface area contributed by atoms with Gasteiger partial charge < -0.3 is 15.7 Å². The molecule has 0 unspecified atom stereocenters. The first-order valence-electron chi connectivity index (χ1n) is 10.4. The van der Waals surface area contributed by atoms with Crippen LogP contribution in [-0.2, 0) is 6.54 Å². The molecule has 164 valence electrons. The van der Waals surface area contributed by atoms with Crippen molar-refractivity contribution in [3.63, 3.8) is 0 Å². The molecule has 0 bridgehead atoms. The summed E-state index contributed by atoms with van der Waals surface area (Å²) in [6.45, 7) is 2.71. The number of hydrogen-bond donors (Lipinski definition) is 3. The SMILES string of the molecule is Cc1ccc2c(Nc3cc(NCc4ccsc4)ccc3Sc3ccc(O)cc3)ncnc2n1. The summed E-state index contributed by atoms with van der Waals surface area (Å²) in [7, 11) is 0. The number of rotatable bonds is 7. The molecule has 0 aliphatic heterocycles. The van der Waals surface area contributed by atoms with Crippen molar-refractivity contribution in [2.24, 2.45) is 0 Å². The molecule has 3 aromatic heterocycles. The van der Waals surface area contributed by atoms with Crippen LogP contribution < -0.4 is 10.6 Å². The molecule has 33 heavy (non-hydrogen) atoms. The molecule has 3 heterocycles. The number of anilines is 3. The zero-order valence-electron chi connectivity index (χ0n) is 17.8. The lowest BCUT2D eigenvalue weighted by Gasteiger charge is -2.15. The lowest BCUT2D eigenvalue weighted by Crippen LogP contribution is -2.02. The number of phenolic OH excluding ortho intramolecular Hbond substituents is 1. The highest BCUT2D eigenvalue weighted by Crippen LogP contribution is 2.37. The van der Waals surface area contributed by atoms with E-state index in [1.807, 2.05) is 31.2 Å². The van der Waals surface area contributed by atoms with Crippen molar-refractivity contribution in [1.29, 1.82) is 0 Å². The minimum Gasteiger partial charge on any atom is -0.508 e. The number of aromatic hydroxyl groups is 1. The molecule has 0 amide bonds. The van der Waals surface area contributed by atoms with Gasteiger partial charge in [-0.3, -0.25) is 0 Å². The van der Waals surface area contributed by atoms with Gasteiger partial charge in [0.1, 0.15) is 17.9 Å². The Balaban J connectivity index is 1.49. The van der Waals surface area contributed by atoms with Crippen LogP contribution in [0.4, 0.5) is 17.2 Å². The van der Waals surface area contributed by atoms with Gasteiger partial charge in [-0.2, -0.15) is 11.3 Å². The molecular weight excluding hydrogens is 450 g/mol. The average Bonchev–Trinajstić information content (AvgIpc) is 3.34. The van der Waals surface area contributed by atoms with E-state index in [2.05, 4.69) is 60.6 Å². The van der Waals surface area contributed by atoms with Crippen molar-refractivity contribution >= 4 is 51.3 Å². The Hall–Kier alpha value is -3.62. The Labute approximate surface area is 199 Å². The fourth-order valence-electron chi connectivity index (χ4n) is 3.33. The number of pyridine rings is 1. The Morgan fingerprint density at radius 3 is 2.70 bits per heavy atom. The van der Waals surface area contributed by atoms with Gasteiger partial charge in [0.2, 0.25) is 0 Å². The van der Waals surface area contributed by atoms with Crippen LogP contribution in [0.15, 0.2) is 87.5 Å². The number of hydrogen-bond acceptors (Lipinski definition) is 8. The summed E-state index contributed by atoms with van der Waals surface area (Å²) < 4.78 is 0. The smallest absolute Gasteiger partial charge is 0.164 e. The average molecular weight is 472 g/mol. The third-order valence-corrected chi connectivity index (χ3v) is 6.83. The predicted octanol–water partition coefficient (Wildman–Crippen LogP) is 6.61. The molecule has 3 N–H and O–H groups in total. The van der Waals surface area contributed by atoms with Gasteiger partial charge in [0, 0.05) is 27.7 Å². The lowest BCUT2D eigenvalue weighted by molar-refractivity contribution is 0.475. The monoisotopic (exact) mass is 471 g/mol. The number of fused-ring (bicyclic) bond motifs is 1. The van der Waals surface area contributed by atoms with Crippen LogP contribution in [0.1, 0.15) is 11.3 Å². The summed E-state index contributed by atoms with van der Waals surface area (Å²) in [5, 5.41) is 21.7. The summed E-state index contributed by atoms with van der Waals surface area (Å²) in [5.41, 5.74) is 4.75. The van der Waals surface area contributed by atoms with Crippen molar-refractivity contribution in [2.45, 2.75) is 23.3 Å². The molecule has 2 aromatic carbocycles. The molecule has 8 heteroatoms. The van der Waals surface area contributed by atoms with E-state index in [9.17, 15) is 5.11 Å². The van der Waals surface area contributed by atoms with E-state index in [4.69, 9.17) is 0 Å². The fraction of sp³-hybridized carbons (Fsp3) is 0.0800. The van der Waals surface area contributed by atoms with Gasteiger partial charge in [0.15, 0.2) is 5.65 Å². The molecule has 0 spiro atoms. The topological polar surface area (TPSA) is 83.0 Å². The van der Waals surface area contributed by atoms with E-state index in [1.165, 1.54) is 11.9 Å². The standard InChI is InChI=1S/C25H21N5OS2/c1-16-2-8-21-24(29-16)27-15-28-25(21)30-22-12-18(26-13-17-10-11-32-14-17)3-9-23(22)33-20-6-4-19(31)5-7-20/h2-12,14-15,26,31H,13H2,1H3,(H,27,28,29,30). The zero-order valence-corrected chi connectivity index (χ0v) is 19.5. The highest BCUT2D eigenvalue weighted by molar-refractivity contribution is 7.99. The van der Waals surface area contributed by atoms with Crippen molar-refractivity contribution in [3.8, 4) is 5.75 Å². The Morgan fingerprint density at radius 1 is 1.00 bits per heavy atom. The van der Waals surface area contributed by atoms with Crippen LogP contribution in [0.25, 0.3) is 11.0 Å². The lowest BCUT2D eigenvalue weighted by atomic mass is 10.2. The van der Waals surface area contributed by atoms with Gasteiger partial charge in [0.25, 0.3) is 0 Å². The summed E-state index contributed by atoms with van der Waals surface area (Å²) in [6, 6.07) is 19.5. The molecule has 0 aliphatic rings. The molecule has 0 saturated heterocycles. The maximum absolute atomic E-state index is 9.62. The Bertz CT molecular complexity index is 1390. The number of nitrogens with one attached hydrogen (secondary N) is 2. The van der Waals surface area contributed by atoms with Crippen LogP contribution in [0, 0.1) is 6.92 Å². The van der Waals surface area contributed by atoms with E-state index in [0.29, 0.717) is 11.5 Å². The van der Waals surface area contributed by atoms with Crippen LogP contribution in [-0.4, -0.2) is 20.1 Å². The highest BCUT2D eigenvalue weighted by Gasteiger charge is 2.11. The minimum atomic E-state index is 0.251. The second kappa shape index (κ2) is 9.48. The molecule has 6 nitrogen and oxygen atoms in total. The maximum atomic E-state index is 9.62. The molecule has 5 aromatic rings. The van der Waals surface area contributed by atoms with Gasteiger partial charge in [0.05, 0.1) is 11.1 Å². The molecule has 0 saturated carbocycles. The normalized spacial score (nSPS) is 10.9. The molecule has 0 radical (unpaired) electrons. The van der Waals surface area contributed by atoms with Gasteiger partial charge in [-0.15, -0.1) is 0 Å². The van der Waals surface area contributed by atoms with E-state index < -0.39 is 0 Å². The number of benzene rings is 2. The molecule has 0 atom stereocenters. The van der Waals surface area contributed by atoms with Crippen LogP contribution in [0.5, 0.6) is 5.75 Å². The van der Waals surface area contributed by atoms with Crippen molar-refractivity contribution < 1.29 is 5.11 Å². The van der Waals surface area contributed by atoms with Crippen molar-refractivity contribution in [2.75, 3.05) is 10.6 Å². The second-order valence-corrected chi connectivity index (χ2v) is 9.36. The Kier molecular flexibility index (Phi) is 6.10. The van der Waals surface area contributed by atoms with Gasteiger partial charge in [-0.25, -0.2) is 15.0 Å². The summed E-state index contributed by atoms with van der Waals surface area (Å²) in [5.74, 6) is 0.955. The predicted molar refractivity (Wildman–Crippen MR) is 136 cm³/mol. The zero-order chi connectivity index (χ0) is 22.6. The molecular formula is C25H21N5OS2. The minimum absolute atomic E-state index is 0.251. The molecule has 0 fully saturated rings. The third kappa shape index (κ3) is 5.08. The third-order valence-electron chi connectivity index (χ3n) is 5.01. The van der Waals surface area contributed by atoms with Crippen LogP contribution in [0.3, 0.4) is 0 Å². The van der Waals surface area contributed by atoms with E-state index in [1.54, 1.807) is 35.2 Å². The van der Waals surface area contributed by atoms with E-state index in [-0.39, 0.29) is 5.75 Å². The van der Waals surface area contributed by atoms with E-state index in [0.717, 1.165) is 38.8 Å². The number of nitrogens with zero attached hydrogens (tertiary/aromatic N) is 3. The number of phenols is 1. The van der Waals surface area contributed by atoms with Crippen molar-refractivity contribution in [1.82, 2.24) is 15.0 Å².